The van der Waals surface area contributed by atoms with Crippen molar-refractivity contribution in [1.82, 2.24) is 4.67 Å². The molecule has 1 atom stereocenters. The van der Waals surface area contributed by atoms with Crippen molar-refractivity contribution >= 4 is 7.75 Å². The van der Waals surface area contributed by atoms with Gasteiger partial charge in [-0.3, -0.25) is 9.05 Å². The molecule has 1 aliphatic rings. The molecule has 0 N–H and O–H groups in total. The molecule has 0 fully saturated rings. The Morgan fingerprint density at radius 3 is 2.48 bits per heavy atom. The van der Waals surface area contributed by atoms with Gasteiger partial charge in [0, 0.05) is 6.54 Å². The van der Waals surface area contributed by atoms with Crippen molar-refractivity contribution in [2.45, 2.75) is 38.9 Å². The Morgan fingerprint density at radius 1 is 1.19 bits per heavy atom. The molecule has 0 bridgehead atoms. The highest BCUT2D eigenvalue weighted by molar-refractivity contribution is 7.51. The highest BCUT2D eigenvalue weighted by Gasteiger charge is 2.42. The van der Waals surface area contributed by atoms with Crippen LogP contribution in [0.3, 0.4) is 0 Å². The number of fused-ring (bicyclic) bond motifs is 1. The quantitative estimate of drug-likeness (QED) is 0.457. The number of halogens is 1. The largest absolute Gasteiger partial charge is 0.407 e. The van der Waals surface area contributed by atoms with Crippen LogP contribution in [0.5, 0.6) is 0 Å². The molecule has 0 aromatic heterocycles. The molecular formula is C23H28FN2O4P. The molecule has 0 amide bonds. The van der Waals surface area contributed by atoms with Gasteiger partial charge in [0.15, 0.2) is 0 Å². The van der Waals surface area contributed by atoms with E-state index in [9.17, 15) is 14.2 Å². The van der Waals surface area contributed by atoms with Crippen LogP contribution in [0.4, 0.5) is 4.39 Å². The first-order valence-electron chi connectivity index (χ1n) is 10.4. The normalized spacial score (nSPS) is 18.2. The summed E-state index contributed by atoms with van der Waals surface area (Å²) in [5, 5.41) is 9.22. The molecule has 8 heteroatoms. The van der Waals surface area contributed by atoms with E-state index in [1.807, 2.05) is 12.1 Å². The van der Waals surface area contributed by atoms with Crippen molar-refractivity contribution in [3.8, 4) is 6.07 Å². The Bertz CT molecular complexity index is 982. The second kappa shape index (κ2) is 10.0. The lowest BCUT2D eigenvalue weighted by Gasteiger charge is -2.32. The first-order chi connectivity index (χ1) is 14.9. The lowest BCUT2D eigenvalue weighted by atomic mass is 9.81. The zero-order valence-electron chi connectivity index (χ0n) is 18.1. The maximum atomic E-state index is 13.6. The van der Waals surface area contributed by atoms with Crippen LogP contribution >= 0.6 is 7.75 Å². The Hall–Kier alpha value is -2.07. The summed E-state index contributed by atoms with van der Waals surface area (Å²) in [6, 6.07) is 14.0. The van der Waals surface area contributed by atoms with Gasteiger partial charge in [-0.25, -0.2) is 13.6 Å². The van der Waals surface area contributed by atoms with E-state index in [0.29, 0.717) is 44.8 Å². The average Bonchev–Trinajstić information content (AvgIpc) is 3.13. The van der Waals surface area contributed by atoms with Crippen LogP contribution in [0.1, 0.15) is 48.9 Å². The minimum atomic E-state index is -3.34. The van der Waals surface area contributed by atoms with Gasteiger partial charge >= 0.3 is 7.75 Å². The summed E-state index contributed by atoms with van der Waals surface area (Å²) < 4.78 is 45.3. The Morgan fingerprint density at radius 2 is 1.87 bits per heavy atom. The molecule has 0 saturated heterocycles. The number of rotatable bonds is 10. The smallest absolute Gasteiger partial charge is 0.361 e. The van der Waals surface area contributed by atoms with Gasteiger partial charge < -0.3 is 4.74 Å². The molecule has 2 aromatic rings. The van der Waals surface area contributed by atoms with Gasteiger partial charge in [-0.2, -0.15) is 5.26 Å². The summed E-state index contributed by atoms with van der Waals surface area (Å²) in [5.41, 5.74) is 2.58. The molecule has 2 aromatic carbocycles. The van der Waals surface area contributed by atoms with Crippen LogP contribution in [0.25, 0.3) is 0 Å². The molecule has 0 aliphatic carbocycles. The maximum absolute atomic E-state index is 13.6. The van der Waals surface area contributed by atoms with E-state index >= 15 is 0 Å². The van der Waals surface area contributed by atoms with E-state index in [1.54, 1.807) is 43.8 Å². The van der Waals surface area contributed by atoms with Crippen molar-refractivity contribution in [3.63, 3.8) is 0 Å². The van der Waals surface area contributed by atoms with E-state index < -0.39 is 13.3 Å². The van der Waals surface area contributed by atoms with Crippen LogP contribution in [0.15, 0.2) is 42.5 Å². The standard InChI is InChI=1S/C23H28FN2O4P/c1-4-29-31(27,30-5-2)26(3)14-6-13-23(20-8-10-21(24)11-9-20)22-12-7-18(16-25)15-19(22)17-28-23/h7-12,15H,4-6,13-14,17H2,1-3H3. The summed E-state index contributed by atoms with van der Waals surface area (Å²) in [6.45, 7) is 4.98. The number of benzene rings is 2. The third-order valence-electron chi connectivity index (χ3n) is 5.47. The lowest BCUT2D eigenvalue weighted by molar-refractivity contribution is -0.0138. The van der Waals surface area contributed by atoms with Crippen molar-refractivity contribution < 1.29 is 22.7 Å². The van der Waals surface area contributed by atoms with E-state index in [1.165, 1.54) is 12.1 Å². The van der Waals surface area contributed by atoms with Crippen LogP contribution in [-0.2, 0) is 30.6 Å². The van der Waals surface area contributed by atoms with Gasteiger partial charge in [-0.15, -0.1) is 0 Å². The second-order valence-corrected chi connectivity index (χ2v) is 9.53. The summed E-state index contributed by atoms with van der Waals surface area (Å²) in [6.07, 6.45) is 1.22. The summed E-state index contributed by atoms with van der Waals surface area (Å²) in [7, 11) is -1.62. The Balaban J connectivity index is 1.86. The van der Waals surface area contributed by atoms with E-state index in [2.05, 4.69) is 6.07 Å². The molecule has 1 unspecified atom stereocenters. The van der Waals surface area contributed by atoms with Crippen LogP contribution in [0.2, 0.25) is 0 Å². The van der Waals surface area contributed by atoms with Crippen molar-refractivity contribution in [3.05, 3.63) is 70.5 Å². The summed E-state index contributed by atoms with van der Waals surface area (Å²) in [5.74, 6) is -0.314. The molecule has 3 rings (SSSR count). The molecular weight excluding hydrogens is 418 g/mol. The minimum Gasteiger partial charge on any atom is -0.361 e. The van der Waals surface area contributed by atoms with E-state index in [-0.39, 0.29) is 5.82 Å². The van der Waals surface area contributed by atoms with Gasteiger partial charge in [0.05, 0.1) is 31.5 Å². The highest BCUT2D eigenvalue weighted by atomic mass is 31.2. The topological polar surface area (TPSA) is 71.8 Å². The van der Waals surface area contributed by atoms with E-state index in [4.69, 9.17) is 13.8 Å². The SMILES string of the molecule is CCOP(=O)(OCC)N(C)CCCC1(c2ccc(F)cc2)OCc2cc(C#N)ccc21. The Kier molecular flexibility index (Phi) is 7.64. The van der Waals surface area contributed by atoms with E-state index in [0.717, 1.165) is 16.7 Å². The first kappa shape index (κ1) is 23.6. The molecule has 31 heavy (non-hydrogen) atoms. The molecule has 0 spiro atoms. The van der Waals surface area contributed by atoms with Crippen LogP contribution in [0, 0.1) is 17.1 Å². The molecule has 1 aliphatic heterocycles. The fourth-order valence-electron chi connectivity index (χ4n) is 4.00. The molecule has 0 radical (unpaired) electrons. The van der Waals surface area contributed by atoms with Crippen molar-refractivity contribution in [2.24, 2.45) is 0 Å². The van der Waals surface area contributed by atoms with Gasteiger partial charge in [0.2, 0.25) is 0 Å². The number of ether oxygens (including phenoxy) is 1. The van der Waals surface area contributed by atoms with Gasteiger partial charge in [0.25, 0.3) is 0 Å². The maximum Gasteiger partial charge on any atom is 0.407 e. The highest BCUT2D eigenvalue weighted by Crippen LogP contribution is 2.51. The number of hydrogen-bond donors (Lipinski definition) is 0. The third-order valence-corrected chi connectivity index (χ3v) is 7.67. The molecule has 0 saturated carbocycles. The average molecular weight is 446 g/mol. The monoisotopic (exact) mass is 446 g/mol. The predicted octanol–water partition coefficient (Wildman–Crippen LogP) is 5.36. The second-order valence-electron chi connectivity index (χ2n) is 7.40. The first-order valence-corrected chi connectivity index (χ1v) is 11.9. The van der Waals surface area contributed by atoms with Gasteiger partial charge in [0.1, 0.15) is 11.4 Å². The van der Waals surface area contributed by atoms with Gasteiger partial charge in [-0.1, -0.05) is 18.2 Å². The predicted molar refractivity (Wildman–Crippen MR) is 116 cm³/mol. The van der Waals surface area contributed by atoms with Crippen molar-refractivity contribution in [2.75, 3.05) is 26.8 Å². The number of nitriles is 1. The summed E-state index contributed by atoms with van der Waals surface area (Å²) in [4.78, 5) is 0. The zero-order valence-corrected chi connectivity index (χ0v) is 19.0. The number of nitrogens with zero attached hydrogens (tertiary/aromatic N) is 2. The fourth-order valence-corrected chi connectivity index (χ4v) is 5.51. The van der Waals surface area contributed by atoms with Gasteiger partial charge in [-0.05, 0) is 74.7 Å². The third kappa shape index (κ3) is 4.90. The molecule has 1 heterocycles. The lowest BCUT2D eigenvalue weighted by Crippen LogP contribution is -2.29. The van der Waals surface area contributed by atoms with Crippen molar-refractivity contribution in [1.29, 1.82) is 5.26 Å². The number of hydrogen-bond acceptors (Lipinski definition) is 5. The molecule has 6 nitrogen and oxygen atoms in total. The summed E-state index contributed by atoms with van der Waals surface area (Å²) >= 11 is 0. The van der Waals surface area contributed by atoms with Crippen LogP contribution < -0.4 is 0 Å². The van der Waals surface area contributed by atoms with Crippen LogP contribution in [-0.4, -0.2) is 31.5 Å². The molecule has 166 valence electrons. The fraction of sp³-hybridized carbons (Fsp3) is 0.435. The zero-order chi connectivity index (χ0) is 22.5. The Labute approximate surface area is 183 Å². The minimum absolute atomic E-state index is 0.291.